The molecular formula is C21H27NO3. The number of nitrogens with one attached hydrogen (secondary N) is 1. The lowest BCUT2D eigenvalue weighted by Gasteiger charge is -2.14. The molecule has 2 aromatic rings. The van der Waals surface area contributed by atoms with Gasteiger partial charge in [-0.25, -0.2) is 0 Å². The summed E-state index contributed by atoms with van der Waals surface area (Å²) in [4.78, 5) is 12.1. The highest BCUT2D eigenvalue weighted by atomic mass is 16.5. The molecule has 25 heavy (non-hydrogen) atoms. The van der Waals surface area contributed by atoms with E-state index in [4.69, 9.17) is 9.47 Å². The molecule has 0 fully saturated rings. The number of ether oxygens (including phenoxy) is 2. The number of benzene rings is 2. The van der Waals surface area contributed by atoms with Gasteiger partial charge in [-0.15, -0.1) is 0 Å². The van der Waals surface area contributed by atoms with Crippen molar-refractivity contribution in [3.63, 3.8) is 0 Å². The van der Waals surface area contributed by atoms with Crippen molar-refractivity contribution in [1.29, 1.82) is 0 Å². The molecule has 1 N–H and O–H groups in total. The minimum atomic E-state index is 0.00530. The molecule has 0 unspecified atom stereocenters. The maximum atomic E-state index is 12.1. The average molecular weight is 341 g/mol. The first-order chi connectivity index (χ1) is 12.0. The Bertz CT molecular complexity index is 693. The van der Waals surface area contributed by atoms with E-state index in [0.29, 0.717) is 24.5 Å². The Balaban J connectivity index is 1.92. The maximum absolute atomic E-state index is 12.1. The van der Waals surface area contributed by atoms with E-state index in [1.807, 2.05) is 44.2 Å². The van der Waals surface area contributed by atoms with Crippen LogP contribution in [0.4, 0.5) is 0 Å². The van der Waals surface area contributed by atoms with Gasteiger partial charge >= 0.3 is 0 Å². The van der Waals surface area contributed by atoms with Crippen molar-refractivity contribution in [2.45, 2.75) is 46.3 Å². The zero-order valence-electron chi connectivity index (χ0n) is 15.5. The van der Waals surface area contributed by atoms with Crippen molar-refractivity contribution >= 4 is 5.91 Å². The number of rotatable bonds is 8. The van der Waals surface area contributed by atoms with Gasteiger partial charge in [0.25, 0.3) is 0 Å². The molecule has 2 rings (SSSR count). The highest BCUT2D eigenvalue weighted by Gasteiger charge is 2.09. The first-order valence-electron chi connectivity index (χ1n) is 8.70. The Morgan fingerprint density at radius 1 is 1.00 bits per heavy atom. The number of carbonyl (C=O) groups is 1. The molecule has 4 nitrogen and oxygen atoms in total. The molecular weight excluding hydrogens is 314 g/mol. The molecule has 1 amide bonds. The van der Waals surface area contributed by atoms with E-state index in [0.717, 1.165) is 17.5 Å². The van der Waals surface area contributed by atoms with Gasteiger partial charge in [0, 0.05) is 6.54 Å². The van der Waals surface area contributed by atoms with Crippen LogP contribution < -0.4 is 14.8 Å². The lowest BCUT2D eigenvalue weighted by Crippen LogP contribution is -2.24. The van der Waals surface area contributed by atoms with Crippen molar-refractivity contribution in [3.8, 4) is 11.5 Å². The largest absolute Gasteiger partial charge is 0.493 e. The van der Waals surface area contributed by atoms with Crippen molar-refractivity contribution in [3.05, 3.63) is 59.2 Å². The number of carbonyl (C=O) groups excluding carboxylic acids is 1. The summed E-state index contributed by atoms with van der Waals surface area (Å²) >= 11 is 0. The van der Waals surface area contributed by atoms with E-state index in [2.05, 4.69) is 24.4 Å². The third kappa shape index (κ3) is 5.82. The monoisotopic (exact) mass is 341 g/mol. The predicted octanol–water partition coefficient (Wildman–Crippen LogP) is 3.90. The van der Waals surface area contributed by atoms with Crippen LogP contribution in [0, 0.1) is 0 Å². The Labute approximate surface area is 150 Å². The number of hydrogen-bond donors (Lipinski definition) is 1. The van der Waals surface area contributed by atoms with Crippen LogP contribution >= 0.6 is 0 Å². The highest BCUT2D eigenvalue weighted by molar-refractivity contribution is 5.78. The third-order valence-corrected chi connectivity index (χ3v) is 3.88. The summed E-state index contributed by atoms with van der Waals surface area (Å²) in [5.41, 5.74) is 3.27. The third-order valence-electron chi connectivity index (χ3n) is 3.88. The van der Waals surface area contributed by atoms with Gasteiger partial charge < -0.3 is 14.8 Å². The molecule has 0 aliphatic carbocycles. The quantitative estimate of drug-likeness (QED) is 0.792. The topological polar surface area (TPSA) is 47.6 Å². The van der Waals surface area contributed by atoms with E-state index in [1.165, 1.54) is 5.56 Å². The standard InChI is InChI=1S/C21H27NO3/c1-5-16-6-8-17(9-7-16)13-21(23)22-14-18-10-11-19(25-15(2)3)20(12-18)24-4/h6-12,15H,5,13-14H2,1-4H3,(H,22,23). The first-order valence-corrected chi connectivity index (χ1v) is 8.70. The Kier molecular flexibility index (Phi) is 6.87. The molecule has 0 saturated carbocycles. The summed E-state index contributed by atoms with van der Waals surface area (Å²) in [5.74, 6) is 1.39. The highest BCUT2D eigenvalue weighted by Crippen LogP contribution is 2.28. The molecule has 0 atom stereocenters. The predicted molar refractivity (Wildman–Crippen MR) is 100 cm³/mol. The zero-order chi connectivity index (χ0) is 18.2. The normalized spacial score (nSPS) is 10.6. The van der Waals surface area contributed by atoms with Gasteiger partial charge in [0.2, 0.25) is 5.91 Å². The van der Waals surface area contributed by atoms with Crippen molar-refractivity contribution < 1.29 is 14.3 Å². The van der Waals surface area contributed by atoms with Crippen LogP contribution in [0.3, 0.4) is 0 Å². The van der Waals surface area contributed by atoms with Crippen molar-refractivity contribution in [1.82, 2.24) is 5.32 Å². The van der Waals surface area contributed by atoms with E-state index in [1.54, 1.807) is 7.11 Å². The summed E-state index contributed by atoms with van der Waals surface area (Å²) in [6, 6.07) is 13.9. The molecule has 0 radical (unpaired) electrons. The van der Waals surface area contributed by atoms with Gasteiger partial charge in [-0.05, 0) is 49.1 Å². The van der Waals surface area contributed by atoms with Crippen LogP contribution in [0.1, 0.15) is 37.5 Å². The summed E-state index contributed by atoms with van der Waals surface area (Å²) in [6.07, 6.45) is 1.47. The van der Waals surface area contributed by atoms with Gasteiger partial charge in [0.05, 0.1) is 19.6 Å². The van der Waals surface area contributed by atoms with Gasteiger partial charge in [0.1, 0.15) is 0 Å². The summed E-state index contributed by atoms with van der Waals surface area (Å²) in [6.45, 7) is 6.53. The fourth-order valence-corrected chi connectivity index (χ4v) is 2.51. The summed E-state index contributed by atoms with van der Waals surface area (Å²) in [5, 5.41) is 2.95. The summed E-state index contributed by atoms with van der Waals surface area (Å²) in [7, 11) is 1.62. The minimum absolute atomic E-state index is 0.00530. The lowest BCUT2D eigenvalue weighted by molar-refractivity contribution is -0.120. The molecule has 0 aromatic heterocycles. The SMILES string of the molecule is CCc1ccc(CC(=O)NCc2ccc(OC(C)C)c(OC)c2)cc1. The van der Waals surface area contributed by atoms with E-state index >= 15 is 0 Å². The molecule has 0 spiro atoms. The van der Waals surface area contributed by atoms with Crippen LogP contribution in [0.5, 0.6) is 11.5 Å². The minimum Gasteiger partial charge on any atom is -0.493 e. The smallest absolute Gasteiger partial charge is 0.224 e. The van der Waals surface area contributed by atoms with Crippen LogP contribution in [-0.2, 0) is 24.2 Å². The average Bonchev–Trinajstić information content (AvgIpc) is 2.61. The lowest BCUT2D eigenvalue weighted by atomic mass is 10.1. The van der Waals surface area contributed by atoms with Gasteiger partial charge in [-0.2, -0.15) is 0 Å². The fourth-order valence-electron chi connectivity index (χ4n) is 2.51. The molecule has 0 aliphatic heterocycles. The Morgan fingerprint density at radius 2 is 1.64 bits per heavy atom. The van der Waals surface area contributed by atoms with Crippen LogP contribution in [0.2, 0.25) is 0 Å². The second-order valence-electron chi connectivity index (χ2n) is 6.28. The second kappa shape index (κ2) is 9.11. The molecule has 0 aliphatic rings. The number of amides is 1. The number of methoxy groups -OCH3 is 1. The van der Waals surface area contributed by atoms with Crippen LogP contribution in [0.25, 0.3) is 0 Å². The van der Waals surface area contributed by atoms with Gasteiger partial charge in [-0.3, -0.25) is 4.79 Å². The molecule has 4 heteroatoms. The van der Waals surface area contributed by atoms with Crippen molar-refractivity contribution in [2.75, 3.05) is 7.11 Å². The van der Waals surface area contributed by atoms with Gasteiger partial charge in [-0.1, -0.05) is 37.3 Å². The van der Waals surface area contributed by atoms with E-state index in [9.17, 15) is 4.79 Å². The van der Waals surface area contributed by atoms with Gasteiger partial charge in [0.15, 0.2) is 11.5 Å². The van der Waals surface area contributed by atoms with E-state index in [-0.39, 0.29) is 12.0 Å². The molecule has 134 valence electrons. The molecule has 0 bridgehead atoms. The first kappa shape index (κ1) is 18.8. The molecule has 2 aromatic carbocycles. The number of aryl methyl sites for hydroxylation is 1. The Hall–Kier alpha value is -2.49. The maximum Gasteiger partial charge on any atom is 0.224 e. The zero-order valence-corrected chi connectivity index (χ0v) is 15.5. The molecule has 0 heterocycles. The van der Waals surface area contributed by atoms with Crippen LogP contribution in [-0.4, -0.2) is 19.1 Å². The van der Waals surface area contributed by atoms with E-state index < -0.39 is 0 Å². The van der Waals surface area contributed by atoms with Crippen LogP contribution in [0.15, 0.2) is 42.5 Å². The molecule has 0 saturated heterocycles. The van der Waals surface area contributed by atoms with Crippen molar-refractivity contribution in [2.24, 2.45) is 0 Å². The summed E-state index contributed by atoms with van der Waals surface area (Å²) < 4.78 is 11.1. The number of hydrogen-bond acceptors (Lipinski definition) is 3. The fraction of sp³-hybridized carbons (Fsp3) is 0.381. The Morgan fingerprint density at radius 3 is 2.24 bits per heavy atom. The second-order valence-corrected chi connectivity index (χ2v) is 6.28.